The molecule has 1 N–H and O–H groups in total. The summed E-state index contributed by atoms with van der Waals surface area (Å²) in [4.78, 5) is 22.7. The van der Waals surface area contributed by atoms with Crippen LogP contribution in [0.25, 0.3) is 11.3 Å². The molecule has 0 spiro atoms. The molecule has 1 aromatic heterocycles. The van der Waals surface area contributed by atoms with E-state index in [2.05, 4.69) is 5.32 Å². The van der Waals surface area contributed by atoms with Crippen molar-refractivity contribution >= 4 is 23.2 Å². The quantitative estimate of drug-likeness (QED) is 0.682. The minimum absolute atomic E-state index is 0.0184. The molecule has 0 aliphatic rings. The van der Waals surface area contributed by atoms with Crippen molar-refractivity contribution in [3.05, 3.63) is 50.7 Å². The monoisotopic (exact) mass is 322 g/mol. The molecule has 7 heteroatoms. The lowest BCUT2D eigenvalue weighted by atomic mass is 10.1. The summed E-state index contributed by atoms with van der Waals surface area (Å²) in [5.41, 5.74) is 0.464. The zero-order chi connectivity index (χ0) is 16.4. The highest BCUT2D eigenvalue weighted by Gasteiger charge is 2.22. The number of hydrogen-bond donors (Lipinski definition) is 1. The van der Waals surface area contributed by atoms with Gasteiger partial charge in [0, 0.05) is 17.1 Å². The smallest absolute Gasteiger partial charge is 0.281 e. The fourth-order valence-corrected chi connectivity index (χ4v) is 2.21. The Morgan fingerprint density at radius 1 is 1.36 bits per heavy atom. The molecule has 0 saturated heterocycles. The van der Waals surface area contributed by atoms with E-state index in [-0.39, 0.29) is 34.0 Å². The lowest BCUT2D eigenvalue weighted by molar-refractivity contribution is -0.384. The van der Waals surface area contributed by atoms with Crippen LogP contribution in [0.3, 0.4) is 0 Å². The van der Waals surface area contributed by atoms with Gasteiger partial charge in [0.15, 0.2) is 0 Å². The summed E-state index contributed by atoms with van der Waals surface area (Å²) >= 11 is 5.79. The van der Waals surface area contributed by atoms with E-state index in [1.54, 1.807) is 6.92 Å². The van der Waals surface area contributed by atoms with E-state index < -0.39 is 4.92 Å². The van der Waals surface area contributed by atoms with Crippen LogP contribution in [0.5, 0.6) is 0 Å². The molecule has 1 amide bonds. The number of halogens is 1. The molecule has 2 rings (SSSR count). The van der Waals surface area contributed by atoms with Gasteiger partial charge in [-0.2, -0.15) is 0 Å². The van der Waals surface area contributed by atoms with Crippen LogP contribution in [0.1, 0.15) is 30.0 Å². The van der Waals surface area contributed by atoms with E-state index in [4.69, 9.17) is 16.0 Å². The van der Waals surface area contributed by atoms with Crippen molar-refractivity contribution in [2.24, 2.45) is 0 Å². The summed E-state index contributed by atoms with van der Waals surface area (Å²) in [6.07, 6.45) is 0. The second-order valence-corrected chi connectivity index (χ2v) is 5.56. The Labute approximate surface area is 132 Å². The van der Waals surface area contributed by atoms with Crippen LogP contribution in [-0.2, 0) is 0 Å². The summed E-state index contributed by atoms with van der Waals surface area (Å²) in [5, 5.41) is 14.2. The molecule has 0 radical (unpaired) electrons. The Morgan fingerprint density at radius 3 is 2.64 bits per heavy atom. The summed E-state index contributed by atoms with van der Waals surface area (Å²) < 4.78 is 5.53. The van der Waals surface area contributed by atoms with Gasteiger partial charge in [-0.05, 0) is 39.0 Å². The topological polar surface area (TPSA) is 85.4 Å². The van der Waals surface area contributed by atoms with Crippen molar-refractivity contribution in [3.63, 3.8) is 0 Å². The third-order valence-corrected chi connectivity index (χ3v) is 3.24. The van der Waals surface area contributed by atoms with E-state index in [1.807, 2.05) is 13.8 Å². The van der Waals surface area contributed by atoms with Gasteiger partial charge in [0.05, 0.1) is 16.1 Å². The average Bonchev–Trinajstić information content (AvgIpc) is 2.79. The first-order valence-corrected chi connectivity index (χ1v) is 7.03. The zero-order valence-electron chi connectivity index (χ0n) is 12.3. The Hall–Kier alpha value is -2.34. The number of hydrogen-bond acceptors (Lipinski definition) is 4. The van der Waals surface area contributed by atoms with Crippen LogP contribution in [0.2, 0.25) is 5.02 Å². The van der Waals surface area contributed by atoms with Crippen LogP contribution in [0.4, 0.5) is 5.69 Å². The van der Waals surface area contributed by atoms with Gasteiger partial charge in [-0.3, -0.25) is 14.9 Å². The van der Waals surface area contributed by atoms with Crippen molar-refractivity contribution in [1.29, 1.82) is 0 Å². The van der Waals surface area contributed by atoms with Gasteiger partial charge in [0.1, 0.15) is 11.5 Å². The molecule has 1 aromatic carbocycles. The number of nitro benzene ring substituents is 1. The highest BCUT2D eigenvalue weighted by atomic mass is 35.5. The number of nitro groups is 1. The van der Waals surface area contributed by atoms with Crippen molar-refractivity contribution < 1.29 is 14.1 Å². The van der Waals surface area contributed by atoms with Crippen molar-refractivity contribution in [2.45, 2.75) is 26.8 Å². The van der Waals surface area contributed by atoms with Crippen LogP contribution in [-0.4, -0.2) is 16.9 Å². The molecule has 2 aromatic rings. The molecule has 0 atom stereocenters. The Kier molecular flexibility index (Phi) is 4.51. The summed E-state index contributed by atoms with van der Waals surface area (Å²) in [6, 6.07) is 5.78. The maximum absolute atomic E-state index is 12.1. The second kappa shape index (κ2) is 6.19. The molecule has 0 fully saturated rings. The molecule has 116 valence electrons. The third-order valence-electron chi connectivity index (χ3n) is 3.00. The maximum Gasteiger partial charge on any atom is 0.281 e. The second-order valence-electron chi connectivity index (χ2n) is 5.13. The Morgan fingerprint density at radius 2 is 2.05 bits per heavy atom. The fraction of sp³-hybridized carbons (Fsp3) is 0.267. The number of nitrogens with zero attached hydrogens (tertiary/aromatic N) is 1. The molecular weight excluding hydrogens is 308 g/mol. The van der Waals surface area contributed by atoms with Gasteiger partial charge in [-0.1, -0.05) is 11.6 Å². The zero-order valence-corrected chi connectivity index (χ0v) is 13.1. The Balaban J connectivity index is 2.47. The number of carbonyl (C=O) groups is 1. The standard InChI is InChI=1S/C15H15ClN2O4/c1-8(2)17-15(19)12-7-14(22-9(12)3)11-5-4-10(16)6-13(11)18(20)21/h4-8H,1-3H3,(H,17,19). The average molecular weight is 323 g/mol. The first kappa shape index (κ1) is 16.0. The van der Waals surface area contributed by atoms with Gasteiger partial charge >= 0.3 is 0 Å². The number of benzene rings is 1. The fourth-order valence-electron chi connectivity index (χ4n) is 2.04. The predicted octanol–water partition coefficient (Wildman–Crippen LogP) is 3.95. The van der Waals surface area contributed by atoms with Gasteiger partial charge in [0.2, 0.25) is 0 Å². The first-order valence-electron chi connectivity index (χ1n) is 6.65. The Bertz CT molecular complexity index is 737. The van der Waals surface area contributed by atoms with Crippen LogP contribution in [0, 0.1) is 17.0 Å². The van der Waals surface area contributed by atoms with Crippen LogP contribution >= 0.6 is 11.6 Å². The van der Waals surface area contributed by atoms with E-state index in [9.17, 15) is 14.9 Å². The first-order chi connectivity index (χ1) is 10.3. The van der Waals surface area contributed by atoms with Gasteiger partial charge < -0.3 is 9.73 Å². The molecule has 6 nitrogen and oxygen atoms in total. The number of aryl methyl sites for hydroxylation is 1. The van der Waals surface area contributed by atoms with Crippen molar-refractivity contribution in [2.75, 3.05) is 0 Å². The van der Waals surface area contributed by atoms with E-state index >= 15 is 0 Å². The highest BCUT2D eigenvalue weighted by Crippen LogP contribution is 2.34. The molecule has 0 aliphatic heterocycles. The summed E-state index contributed by atoms with van der Waals surface area (Å²) in [7, 11) is 0. The molecule has 22 heavy (non-hydrogen) atoms. The largest absolute Gasteiger partial charge is 0.460 e. The number of nitrogens with one attached hydrogen (secondary N) is 1. The van der Waals surface area contributed by atoms with Crippen LogP contribution in [0.15, 0.2) is 28.7 Å². The maximum atomic E-state index is 12.1. The normalized spacial score (nSPS) is 10.8. The minimum atomic E-state index is -0.535. The summed E-state index contributed by atoms with van der Waals surface area (Å²) in [6.45, 7) is 5.33. The van der Waals surface area contributed by atoms with Gasteiger partial charge in [-0.15, -0.1) is 0 Å². The number of carbonyl (C=O) groups excluding carboxylic acids is 1. The van der Waals surface area contributed by atoms with Crippen LogP contribution < -0.4 is 5.32 Å². The van der Waals surface area contributed by atoms with E-state index in [1.165, 1.54) is 24.3 Å². The summed E-state index contributed by atoms with van der Waals surface area (Å²) in [5.74, 6) is 0.381. The minimum Gasteiger partial charge on any atom is -0.460 e. The lowest BCUT2D eigenvalue weighted by Gasteiger charge is -2.06. The van der Waals surface area contributed by atoms with Gasteiger partial charge in [0.25, 0.3) is 11.6 Å². The highest BCUT2D eigenvalue weighted by molar-refractivity contribution is 6.30. The number of amides is 1. The number of rotatable bonds is 4. The molecule has 1 heterocycles. The molecule has 0 saturated carbocycles. The van der Waals surface area contributed by atoms with Crippen molar-refractivity contribution in [1.82, 2.24) is 5.32 Å². The van der Waals surface area contributed by atoms with E-state index in [0.29, 0.717) is 11.3 Å². The van der Waals surface area contributed by atoms with Gasteiger partial charge in [-0.25, -0.2) is 0 Å². The molecular formula is C15H15ClN2O4. The van der Waals surface area contributed by atoms with E-state index in [0.717, 1.165) is 0 Å². The molecule has 0 bridgehead atoms. The number of furan rings is 1. The van der Waals surface area contributed by atoms with Crippen molar-refractivity contribution in [3.8, 4) is 11.3 Å². The SMILES string of the molecule is Cc1oc(-c2ccc(Cl)cc2[N+](=O)[O-])cc1C(=O)NC(C)C. The lowest BCUT2D eigenvalue weighted by Crippen LogP contribution is -2.30. The third kappa shape index (κ3) is 3.28. The molecule has 0 aliphatic carbocycles. The predicted molar refractivity (Wildman–Crippen MR) is 83.1 cm³/mol. The molecule has 0 unspecified atom stereocenters.